The van der Waals surface area contributed by atoms with Crippen molar-refractivity contribution in [2.75, 3.05) is 4.90 Å². The lowest BCUT2D eigenvalue weighted by Crippen LogP contribution is -2.09. The minimum atomic E-state index is 1.08. The van der Waals surface area contributed by atoms with Crippen LogP contribution in [-0.2, 0) is 0 Å². The Balaban J connectivity index is 0.883. The Bertz CT molecular complexity index is 4300. The number of fused-ring (bicyclic) bond motifs is 6. The molecular formula is C72H48N2. The molecule has 0 amide bonds. The minimum absolute atomic E-state index is 1.08. The molecule has 14 rings (SSSR count). The fourth-order valence-corrected chi connectivity index (χ4v) is 11.5. The van der Waals surface area contributed by atoms with Crippen molar-refractivity contribution in [1.82, 2.24) is 4.57 Å². The highest BCUT2D eigenvalue weighted by Gasteiger charge is 2.20. The standard InChI is InChI=1S/C72H48N2/c1-4-17-49(18-5-1)55-37-45-69-67(47-55)68-48-56(38-46-70(68)74(69)57-23-8-3-9-24-57)50-31-39-58(40-32-50)73(59-41-33-52(34-42-59)62-30-16-22-51-19-10-11-25-61(51)62)60-43-35-54(36-44-60)72-65-28-14-12-26-63(65)71(53-20-6-2-7-21-53)64-27-13-15-29-66(64)72/h1-48H. The van der Waals surface area contributed by atoms with Gasteiger partial charge in [0.2, 0.25) is 0 Å². The highest BCUT2D eigenvalue weighted by molar-refractivity contribution is 6.21. The smallest absolute Gasteiger partial charge is 0.0541 e. The average Bonchev–Trinajstić information content (AvgIpc) is 3.81. The molecule has 0 unspecified atom stereocenters. The third-order valence-corrected chi connectivity index (χ3v) is 15.0. The van der Waals surface area contributed by atoms with E-state index in [1.807, 2.05) is 0 Å². The van der Waals surface area contributed by atoms with Crippen molar-refractivity contribution in [3.63, 3.8) is 0 Å². The number of hydrogen-bond acceptors (Lipinski definition) is 1. The van der Waals surface area contributed by atoms with E-state index in [9.17, 15) is 0 Å². The van der Waals surface area contributed by atoms with Crippen LogP contribution < -0.4 is 4.90 Å². The van der Waals surface area contributed by atoms with Crippen molar-refractivity contribution < 1.29 is 0 Å². The third kappa shape index (κ3) is 7.43. The molecule has 1 aromatic heterocycles. The molecule has 2 heteroatoms. The number of para-hydroxylation sites is 1. The van der Waals surface area contributed by atoms with E-state index in [-0.39, 0.29) is 0 Å². The second-order valence-electron chi connectivity index (χ2n) is 19.2. The van der Waals surface area contributed by atoms with E-state index in [0.29, 0.717) is 0 Å². The number of anilines is 3. The van der Waals surface area contributed by atoms with Crippen molar-refractivity contribution in [2.24, 2.45) is 0 Å². The molecule has 1 heterocycles. The zero-order valence-corrected chi connectivity index (χ0v) is 40.6. The van der Waals surface area contributed by atoms with E-state index in [1.54, 1.807) is 0 Å². The topological polar surface area (TPSA) is 8.17 Å². The zero-order valence-electron chi connectivity index (χ0n) is 40.6. The molecule has 13 aromatic carbocycles. The number of rotatable bonds is 9. The molecule has 0 saturated heterocycles. The molecule has 0 fully saturated rings. The van der Waals surface area contributed by atoms with Crippen LogP contribution in [0.3, 0.4) is 0 Å². The molecule has 0 aliphatic rings. The molecule has 0 aliphatic carbocycles. The normalized spacial score (nSPS) is 11.5. The summed E-state index contributed by atoms with van der Waals surface area (Å²) >= 11 is 0. The fraction of sp³-hybridized carbons (Fsp3) is 0. The van der Waals surface area contributed by atoms with Crippen LogP contribution in [0.25, 0.3) is 115 Å². The molecule has 14 aromatic rings. The van der Waals surface area contributed by atoms with Crippen molar-refractivity contribution in [3.05, 3.63) is 291 Å². The van der Waals surface area contributed by atoms with Crippen LogP contribution in [0.2, 0.25) is 0 Å². The highest BCUT2D eigenvalue weighted by atomic mass is 15.1. The van der Waals surface area contributed by atoms with Crippen LogP contribution in [0.1, 0.15) is 0 Å². The Morgan fingerprint density at radius 3 is 1.11 bits per heavy atom. The predicted molar refractivity (Wildman–Crippen MR) is 315 cm³/mol. The summed E-state index contributed by atoms with van der Waals surface area (Å²) in [5.74, 6) is 0. The average molecular weight is 941 g/mol. The number of hydrogen-bond donors (Lipinski definition) is 0. The summed E-state index contributed by atoms with van der Waals surface area (Å²) < 4.78 is 2.39. The van der Waals surface area contributed by atoms with Crippen molar-refractivity contribution in [1.29, 1.82) is 0 Å². The van der Waals surface area contributed by atoms with E-state index in [1.165, 1.54) is 104 Å². The van der Waals surface area contributed by atoms with Crippen LogP contribution in [0.4, 0.5) is 17.1 Å². The lowest BCUT2D eigenvalue weighted by Gasteiger charge is -2.26. The molecule has 2 nitrogen and oxygen atoms in total. The number of nitrogens with zero attached hydrogens (tertiary/aromatic N) is 2. The van der Waals surface area contributed by atoms with Gasteiger partial charge in [0.1, 0.15) is 0 Å². The number of benzene rings is 13. The van der Waals surface area contributed by atoms with E-state index >= 15 is 0 Å². The third-order valence-electron chi connectivity index (χ3n) is 15.0. The molecule has 0 spiro atoms. The van der Waals surface area contributed by atoms with Gasteiger partial charge < -0.3 is 9.47 Å². The number of aromatic nitrogens is 1. The van der Waals surface area contributed by atoms with Crippen molar-refractivity contribution >= 4 is 71.2 Å². The maximum absolute atomic E-state index is 2.39. The van der Waals surface area contributed by atoms with Crippen molar-refractivity contribution in [2.45, 2.75) is 0 Å². The first-order valence-corrected chi connectivity index (χ1v) is 25.5. The second-order valence-corrected chi connectivity index (χ2v) is 19.2. The van der Waals surface area contributed by atoms with Gasteiger partial charge in [-0.15, -0.1) is 0 Å². The second kappa shape index (κ2) is 18.1. The first-order chi connectivity index (χ1) is 36.7. The maximum Gasteiger partial charge on any atom is 0.0541 e. The van der Waals surface area contributed by atoms with Gasteiger partial charge in [0, 0.05) is 33.5 Å². The summed E-state index contributed by atoms with van der Waals surface area (Å²) in [5.41, 5.74) is 18.9. The van der Waals surface area contributed by atoms with E-state index < -0.39 is 0 Å². The van der Waals surface area contributed by atoms with Gasteiger partial charge in [-0.05, 0) is 161 Å². The quantitative estimate of drug-likeness (QED) is 0.131. The molecular weight excluding hydrogens is 893 g/mol. The Morgan fingerprint density at radius 2 is 0.595 bits per heavy atom. The summed E-state index contributed by atoms with van der Waals surface area (Å²) in [4.78, 5) is 2.39. The summed E-state index contributed by atoms with van der Waals surface area (Å²) in [6.07, 6.45) is 0. The molecule has 0 atom stereocenters. The summed E-state index contributed by atoms with van der Waals surface area (Å²) in [5, 5.41) is 9.95. The zero-order chi connectivity index (χ0) is 49.0. The molecule has 74 heavy (non-hydrogen) atoms. The molecule has 0 bridgehead atoms. The molecule has 0 aliphatic heterocycles. The molecule has 346 valence electrons. The van der Waals surface area contributed by atoms with Gasteiger partial charge in [-0.1, -0.05) is 218 Å². The Kier molecular flexibility index (Phi) is 10.6. The SMILES string of the molecule is c1ccc(-c2ccc3c(c2)c2cc(-c4ccc(N(c5ccc(-c6cccc7ccccc67)cc5)c5ccc(-c6c7ccccc7c(-c7ccccc7)c7ccccc67)cc5)cc4)ccc2n3-c2ccccc2)cc1. The van der Waals surface area contributed by atoms with Crippen LogP contribution >= 0.6 is 0 Å². The largest absolute Gasteiger partial charge is 0.311 e. The Labute approximate surface area is 430 Å². The van der Waals surface area contributed by atoms with Crippen LogP contribution in [0.5, 0.6) is 0 Å². The van der Waals surface area contributed by atoms with E-state index in [4.69, 9.17) is 0 Å². The van der Waals surface area contributed by atoms with Gasteiger partial charge in [0.25, 0.3) is 0 Å². The Morgan fingerprint density at radius 1 is 0.230 bits per heavy atom. The van der Waals surface area contributed by atoms with Crippen molar-refractivity contribution in [3.8, 4) is 61.3 Å². The fourth-order valence-electron chi connectivity index (χ4n) is 11.5. The van der Waals surface area contributed by atoms with E-state index in [2.05, 4.69) is 301 Å². The predicted octanol–water partition coefficient (Wildman–Crippen LogP) is 20.0. The molecule has 0 N–H and O–H groups in total. The van der Waals surface area contributed by atoms with Gasteiger partial charge in [-0.2, -0.15) is 0 Å². The van der Waals surface area contributed by atoms with E-state index in [0.717, 1.165) is 28.3 Å². The summed E-state index contributed by atoms with van der Waals surface area (Å²) in [7, 11) is 0. The lowest BCUT2D eigenvalue weighted by atomic mass is 9.86. The van der Waals surface area contributed by atoms with Gasteiger partial charge in [-0.3, -0.25) is 0 Å². The van der Waals surface area contributed by atoms with Crippen LogP contribution in [0.15, 0.2) is 291 Å². The first kappa shape index (κ1) is 43.1. The molecule has 0 radical (unpaired) electrons. The summed E-state index contributed by atoms with van der Waals surface area (Å²) in [6, 6.07) is 106. The monoisotopic (exact) mass is 940 g/mol. The highest BCUT2D eigenvalue weighted by Crippen LogP contribution is 2.46. The van der Waals surface area contributed by atoms with Gasteiger partial charge in [0.05, 0.1) is 11.0 Å². The maximum atomic E-state index is 2.39. The van der Waals surface area contributed by atoms with Gasteiger partial charge in [-0.25, -0.2) is 0 Å². The van der Waals surface area contributed by atoms with Crippen LogP contribution in [0, 0.1) is 0 Å². The Hall–Kier alpha value is -9.76. The van der Waals surface area contributed by atoms with Gasteiger partial charge >= 0.3 is 0 Å². The lowest BCUT2D eigenvalue weighted by molar-refractivity contribution is 1.18. The molecule has 0 saturated carbocycles. The summed E-state index contributed by atoms with van der Waals surface area (Å²) in [6.45, 7) is 0. The first-order valence-electron chi connectivity index (χ1n) is 25.5. The minimum Gasteiger partial charge on any atom is -0.311 e. The van der Waals surface area contributed by atoms with Gasteiger partial charge in [0.15, 0.2) is 0 Å². The van der Waals surface area contributed by atoms with Crippen LogP contribution in [-0.4, -0.2) is 4.57 Å².